The van der Waals surface area contributed by atoms with E-state index in [9.17, 15) is 0 Å². The summed E-state index contributed by atoms with van der Waals surface area (Å²) in [6, 6.07) is 9.21. The van der Waals surface area contributed by atoms with E-state index in [1.165, 1.54) is 37.9 Å². The number of benzene rings is 1. The van der Waals surface area contributed by atoms with Crippen molar-refractivity contribution in [3.8, 4) is 0 Å². The van der Waals surface area contributed by atoms with Gasteiger partial charge in [-0.3, -0.25) is 9.89 Å². The Morgan fingerprint density at radius 2 is 1.86 bits per heavy atom. The number of piperidine rings is 1. The minimum absolute atomic E-state index is 0. The van der Waals surface area contributed by atoms with Gasteiger partial charge < -0.3 is 15.5 Å². The third kappa shape index (κ3) is 7.80. The summed E-state index contributed by atoms with van der Waals surface area (Å²) in [7, 11) is 2.20. The van der Waals surface area contributed by atoms with Crippen LogP contribution in [0.3, 0.4) is 0 Å². The number of nitrogens with zero attached hydrogens (tertiary/aromatic N) is 3. The predicted molar refractivity (Wildman–Crippen MR) is 133 cm³/mol. The van der Waals surface area contributed by atoms with E-state index in [0.29, 0.717) is 12.0 Å². The zero-order valence-electron chi connectivity index (χ0n) is 17.2. The summed E-state index contributed by atoms with van der Waals surface area (Å²) in [5.41, 5.74) is 1.39. The van der Waals surface area contributed by atoms with Crippen molar-refractivity contribution in [2.24, 2.45) is 10.9 Å². The molecule has 2 aliphatic rings. The molecular weight excluding hydrogens is 529 g/mol. The highest BCUT2D eigenvalue weighted by atomic mass is 127. The molecule has 5 nitrogen and oxygen atoms in total. The molecule has 0 aliphatic carbocycles. The predicted octanol–water partition coefficient (Wildman–Crippen LogP) is 3.54. The Labute approximate surface area is 195 Å². The molecule has 0 saturated carbocycles. The number of nitrogens with one attached hydrogen (secondary N) is 2. The summed E-state index contributed by atoms with van der Waals surface area (Å²) < 4.78 is 1.15. The van der Waals surface area contributed by atoms with Gasteiger partial charge in [0.2, 0.25) is 0 Å². The highest BCUT2D eigenvalue weighted by Gasteiger charge is 2.21. The normalized spacial score (nSPS) is 22.1. The van der Waals surface area contributed by atoms with E-state index in [-0.39, 0.29) is 24.0 Å². The van der Waals surface area contributed by atoms with Gasteiger partial charge in [-0.1, -0.05) is 28.1 Å². The molecule has 1 aromatic carbocycles. The van der Waals surface area contributed by atoms with Crippen LogP contribution in [0.25, 0.3) is 0 Å². The van der Waals surface area contributed by atoms with Crippen LogP contribution >= 0.6 is 39.9 Å². The van der Waals surface area contributed by atoms with E-state index in [1.807, 2.05) is 0 Å². The highest BCUT2D eigenvalue weighted by molar-refractivity contribution is 14.0. The summed E-state index contributed by atoms with van der Waals surface area (Å²) in [4.78, 5) is 9.83. The zero-order valence-corrected chi connectivity index (χ0v) is 21.1. The van der Waals surface area contributed by atoms with E-state index >= 15 is 0 Å². The molecule has 2 N–H and O–H groups in total. The molecule has 0 bridgehead atoms. The maximum atomic E-state index is 4.87. The highest BCUT2D eigenvalue weighted by Crippen LogP contribution is 2.17. The van der Waals surface area contributed by atoms with E-state index < -0.39 is 0 Å². The molecule has 2 heterocycles. The molecule has 0 aromatic heterocycles. The van der Waals surface area contributed by atoms with Crippen molar-refractivity contribution >= 4 is 45.9 Å². The minimum atomic E-state index is 0. The molecule has 2 saturated heterocycles. The first kappa shape index (κ1) is 23.9. The van der Waals surface area contributed by atoms with E-state index in [4.69, 9.17) is 4.99 Å². The lowest BCUT2D eigenvalue weighted by molar-refractivity contribution is 0.198. The van der Waals surface area contributed by atoms with Gasteiger partial charge in [-0.15, -0.1) is 24.0 Å². The SMILES string of the molecule is CCNC(=NCC1CCN(C)C1)NC1CCN(Cc2ccc(Br)cc2)CC1.I. The monoisotopic (exact) mass is 563 g/mol. The molecule has 0 spiro atoms. The first-order chi connectivity index (χ1) is 13.1. The first-order valence-electron chi connectivity index (χ1n) is 10.3. The van der Waals surface area contributed by atoms with Crippen LogP contribution in [-0.2, 0) is 6.54 Å². The smallest absolute Gasteiger partial charge is 0.191 e. The third-order valence-electron chi connectivity index (χ3n) is 5.59. The van der Waals surface area contributed by atoms with Gasteiger partial charge in [0.1, 0.15) is 0 Å². The number of halogens is 2. The largest absolute Gasteiger partial charge is 0.357 e. The Morgan fingerprint density at radius 3 is 2.46 bits per heavy atom. The Hall–Kier alpha value is -0.380. The Morgan fingerprint density at radius 1 is 1.14 bits per heavy atom. The number of rotatable bonds is 6. The molecular formula is C21H35BrIN5. The van der Waals surface area contributed by atoms with Crippen LogP contribution in [0.1, 0.15) is 31.7 Å². The van der Waals surface area contributed by atoms with Crippen molar-refractivity contribution in [2.75, 3.05) is 46.3 Å². The molecule has 28 heavy (non-hydrogen) atoms. The maximum Gasteiger partial charge on any atom is 0.191 e. The van der Waals surface area contributed by atoms with Gasteiger partial charge in [0.05, 0.1) is 0 Å². The summed E-state index contributed by atoms with van der Waals surface area (Å²) >= 11 is 3.51. The van der Waals surface area contributed by atoms with E-state index in [0.717, 1.165) is 43.2 Å². The van der Waals surface area contributed by atoms with Crippen LogP contribution in [0, 0.1) is 5.92 Å². The van der Waals surface area contributed by atoms with Crippen LogP contribution < -0.4 is 10.6 Å². The van der Waals surface area contributed by atoms with Crippen molar-refractivity contribution < 1.29 is 0 Å². The molecule has 1 aromatic rings. The van der Waals surface area contributed by atoms with Gasteiger partial charge in [0, 0.05) is 49.8 Å². The van der Waals surface area contributed by atoms with Crippen LogP contribution in [0.4, 0.5) is 0 Å². The van der Waals surface area contributed by atoms with E-state index in [2.05, 4.69) is 74.6 Å². The fourth-order valence-corrected chi connectivity index (χ4v) is 4.26. The molecule has 158 valence electrons. The number of likely N-dealkylation sites (tertiary alicyclic amines) is 2. The van der Waals surface area contributed by atoms with Crippen LogP contribution in [0.5, 0.6) is 0 Å². The van der Waals surface area contributed by atoms with E-state index in [1.54, 1.807) is 0 Å². The lowest BCUT2D eigenvalue weighted by atomic mass is 10.0. The number of aliphatic imine (C=N–C) groups is 1. The second-order valence-corrected chi connectivity index (χ2v) is 8.87. The molecule has 2 fully saturated rings. The Balaban J connectivity index is 0.00000280. The van der Waals surface area contributed by atoms with Crippen LogP contribution in [0.15, 0.2) is 33.7 Å². The first-order valence-corrected chi connectivity index (χ1v) is 11.1. The van der Waals surface area contributed by atoms with Crippen molar-refractivity contribution in [1.82, 2.24) is 20.4 Å². The molecule has 0 radical (unpaired) electrons. The van der Waals surface area contributed by atoms with Crippen LogP contribution in [-0.4, -0.2) is 68.1 Å². The molecule has 2 aliphatic heterocycles. The summed E-state index contributed by atoms with van der Waals surface area (Å²) in [6.45, 7) is 9.70. The molecule has 1 unspecified atom stereocenters. The topological polar surface area (TPSA) is 42.9 Å². The Kier molecular flexibility index (Phi) is 10.5. The number of hydrogen-bond acceptors (Lipinski definition) is 3. The maximum absolute atomic E-state index is 4.87. The van der Waals surface area contributed by atoms with Gasteiger partial charge in [-0.05, 0) is 63.4 Å². The lowest BCUT2D eigenvalue weighted by Crippen LogP contribution is -2.48. The Bertz CT molecular complexity index is 601. The fourth-order valence-electron chi connectivity index (χ4n) is 3.99. The molecule has 1 atom stereocenters. The van der Waals surface area contributed by atoms with Crippen molar-refractivity contribution in [2.45, 2.75) is 38.8 Å². The summed E-state index contributed by atoms with van der Waals surface area (Å²) in [6.07, 6.45) is 3.62. The summed E-state index contributed by atoms with van der Waals surface area (Å²) in [5.74, 6) is 1.71. The van der Waals surface area contributed by atoms with Gasteiger partial charge in [-0.25, -0.2) is 0 Å². The van der Waals surface area contributed by atoms with Gasteiger partial charge in [-0.2, -0.15) is 0 Å². The van der Waals surface area contributed by atoms with Crippen molar-refractivity contribution in [3.05, 3.63) is 34.3 Å². The zero-order chi connectivity index (χ0) is 19.1. The van der Waals surface area contributed by atoms with Crippen molar-refractivity contribution in [3.63, 3.8) is 0 Å². The molecule has 0 amide bonds. The van der Waals surface area contributed by atoms with Gasteiger partial charge in [0.15, 0.2) is 5.96 Å². The summed E-state index contributed by atoms with van der Waals surface area (Å²) in [5, 5.41) is 7.10. The van der Waals surface area contributed by atoms with Crippen molar-refractivity contribution in [1.29, 1.82) is 0 Å². The fraction of sp³-hybridized carbons (Fsp3) is 0.667. The number of guanidine groups is 1. The molecule has 3 rings (SSSR count). The van der Waals surface area contributed by atoms with Crippen LogP contribution in [0.2, 0.25) is 0 Å². The average Bonchev–Trinajstić information content (AvgIpc) is 3.09. The third-order valence-corrected chi connectivity index (χ3v) is 6.12. The average molecular weight is 564 g/mol. The van der Waals surface area contributed by atoms with Gasteiger partial charge >= 0.3 is 0 Å². The standard InChI is InChI=1S/C21H34BrN5.HI/c1-3-23-21(24-14-18-8-11-26(2)15-18)25-20-9-12-27(13-10-20)16-17-4-6-19(22)7-5-17;/h4-7,18,20H,3,8-16H2,1-2H3,(H2,23,24,25);1H. The van der Waals surface area contributed by atoms with Gasteiger partial charge in [0.25, 0.3) is 0 Å². The second-order valence-electron chi connectivity index (χ2n) is 7.96. The lowest BCUT2D eigenvalue weighted by Gasteiger charge is -2.33. The molecule has 7 heteroatoms. The number of hydrogen-bond donors (Lipinski definition) is 2. The second kappa shape index (κ2) is 12.3. The quantitative estimate of drug-likeness (QED) is 0.316. The minimum Gasteiger partial charge on any atom is -0.357 e.